The first kappa shape index (κ1) is 10.2. The summed E-state index contributed by atoms with van der Waals surface area (Å²) in [4.78, 5) is 0. The third kappa shape index (κ3) is 2.84. The molecule has 4 nitrogen and oxygen atoms in total. The Morgan fingerprint density at radius 2 is 2.15 bits per heavy atom. The molecule has 0 saturated heterocycles. The number of aliphatic hydroxyl groups excluding tert-OH is 3. The molecule has 0 aromatic carbocycles. The maximum absolute atomic E-state index is 9.20. The van der Waals surface area contributed by atoms with Gasteiger partial charge in [-0.05, 0) is 18.6 Å². The number of hydrogen-bond acceptors (Lipinski definition) is 3. The van der Waals surface area contributed by atoms with Crippen molar-refractivity contribution in [1.29, 1.82) is 0 Å². The smallest absolute Gasteiger partial charge is 0.0949 e. The van der Waals surface area contributed by atoms with E-state index in [-0.39, 0.29) is 6.61 Å². The molecular formula is C9H15NO3. The van der Waals surface area contributed by atoms with Gasteiger partial charge in [0.1, 0.15) is 0 Å². The Labute approximate surface area is 77.1 Å². The highest BCUT2D eigenvalue weighted by atomic mass is 16.3. The second kappa shape index (κ2) is 4.41. The topological polar surface area (TPSA) is 65.6 Å². The van der Waals surface area contributed by atoms with Crippen LogP contribution in [-0.4, -0.2) is 32.6 Å². The summed E-state index contributed by atoms with van der Waals surface area (Å²) < 4.78 is 1.74. The van der Waals surface area contributed by atoms with Crippen LogP contribution < -0.4 is 0 Å². The van der Waals surface area contributed by atoms with Gasteiger partial charge in [-0.25, -0.2) is 0 Å². The summed E-state index contributed by atoms with van der Waals surface area (Å²) in [5.41, 5.74) is 0.810. The van der Waals surface area contributed by atoms with Crippen molar-refractivity contribution in [2.24, 2.45) is 0 Å². The average Bonchev–Trinajstić information content (AvgIpc) is 2.52. The third-order valence-corrected chi connectivity index (χ3v) is 1.89. The number of hydrogen-bond donors (Lipinski definition) is 3. The van der Waals surface area contributed by atoms with Crippen molar-refractivity contribution in [3.05, 3.63) is 24.0 Å². The molecule has 0 radical (unpaired) electrons. The van der Waals surface area contributed by atoms with Crippen molar-refractivity contribution in [2.75, 3.05) is 6.61 Å². The maximum Gasteiger partial charge on any atom is 0.0949 e. The van der Waals surface area contributed by atoms with Crippen LogP contribution in [0.1, 0.15) is 18.6 Å². The van der Waals surface area contributed by atoms with Gasteiger partial charge in [0.05, 0.1) is 25.4 Å². The fourth-order valence-corrected chi connectivity index (χ4v) is 1.12. The SMILES string of the molecule is CC(O)c1ccn(CC(O)CO)c1. The molecule has 13 heavy (non-hydrogen) atoms. The van der Waals surface area contributed by atoms with E-state index in [4.69, 9.17) is 10.2 Å². The second-order valence-electron chi connectivity index (χ2n) is 3.15. The fraction of sp³-hybridized carbons (Fsp3) is 0.556. The summed E-state index contributed by atoms with van der Waals surface area (Å²) in [7, 11) is 0. The molecule has 2 atom stereocenters. The van der Waals surface area contributed by atoms with Crippen LogP contribution in [0.4, 0.5) is 0 Å². The van der Waals surface area contributed by atoms with Crippen molar-refractivity contribution >= 4 is 0 Å². The van der Waals surface area contributed by atoms with Crippen LogP contribution in [0, 0.1) is 0 Å². The lowest BCUT2D eigenvalue weighted by molar-refractivity contribution is 0.0812. The first-order chi connectivity index (χ1) is 6.13. The van der Waals surface area contributed by atoms with Crippen LogP contribution >= 0.6 is 0 Å². The zero-order chi connectivity index (χ0) is 9.84. The van der Waals surface area contributed by atoms with E-state index in [1.165, 1.54) is 0 Å². The standard InChI is InChI=1S/C9H15NO3/c1-7(12)8-2-3-10(4-8)5-9(13)6-11/h2-4,7,9,11-13H,5-6H2,1H3. The molecule has 1 heterocycles. The van der Waals surface area contributed by atoms with Gasteiger partial charge in [0.2, 0.25) is 0 Å². The summed E-state index contributed by atoms with van der Waals surface area (Å²) in [5.74, 6) is 0. The van der Waals surface area contributed by atoms with Gasteiger partial charge >= 0.3 is 0 Å². The highest BCUT2D eigenvalue weighted by Crippen LogP contribution is 2.11. The number of aliphatic hydroxyl groups is 3. The lowest BCUT2D eigenvalue weighted by Gasteiger charge is -2.07. The summed E-state index contributed by atoms with van der Waals surface area (Å²) in [5, 5.41) is 26.9. The minimum Gasteiger partial charge on any atom is -0.394 e. The highest BCUT2D eigenvalue weighted by molar-refractivity contribution is 5.12. The van der Waals surface area contributed by atoms with Crippen molar-refractivity contribution in [2.45, 2.75) is 25.7 Å². The molecule has 0 aliphatic rings. The molecule has 2 unspecified atom stereocenters. The van der Waals surface area contributed by atoms with Gasteiger partial charge in [-0.1, -0.05) is 0 Å². The molecular weight excluding hydrogens is 170 g/mol. The van der Waals surface area contributed by atoms with E-state index < -0.39 is 12.2 Å². The van der Waals surface area contributed by atoms with Gasteiger partial charge in [-0.2, -0.15) is 0 Å². The molecule has 3 N–H and O–H groups in total. The molecule has 0 fully saturated rings. The number of nitrogens with zero attached hydrogens (tertiary/aromatic N) is 1. The minimum absolute atomic E-state index is 0.248. The summed E-state index contributed by atoms with van der Waals surface area (Å²) in [6, 6.07) is 1.79. The molecule has 1 aromatic heterocycles. The first-order valence-electron chi connectivity index (χ1n) is 4.26. The Balaban J connectivity index is 2.58. The third-order valence-electron chi connectivity index (χ3n) is 1.89. The van der Waals surface area contributed by atoms with Crippen LogP contribution in [-0.2, 0) is 6.54 Å². The lowest BCUT2D eigenvalue weighted by atomic mass is 10.2. The minimum atomic E-state index is -0.741. The molecule has 4 heteroatoms. The fourth-order valence-electron chi connectivity index (χ4n) is 1.12. The van der Waals surface area contributed by atoms with E-state index in [0.29, 0.717) is 6.54 Å². The van der Waals surface area contributed by atoms with E-state index >= 15 is 0 Å². The normalized spacial score (nSPS) is 15.7. The Morgan fingerprint density at radius 1 is 1.46 bits per heavy atom. The summed E-state index contributed by atoms with van der Waals surface area (Å²) in [6.45, 7) is 1.79. The van der Waals surface area contributed by atoms with Crippen LogP contribution in [0.2, 0.25) is 0 Å². The zero-order valence-electron chi connectivity index (χ0n) is 7.59. The van der Waals surface area contributed by atoms with Gasteiger partial charge in [-0.3, -0.25) is 0 Å². The first-order valence-corrected chi connectivity index (χ1v) is 4.26. The zero-order valence-corrected chi connectivity index (χ0v) is 7.59. The largest absolute Gasteiger partial charge is 0.394 e. The summed E-state index contributed by atoms with van der Waals surface area (Å²) >= 11 is 0. The molecule has 0 aliphatic heterocycles. The predicted octanol–water partition coefficient (Wildman–Crippen LogP) is -0.105. The van der Waals surface area contributed by atoms with Crippen molar-refractivity contribution in [3.63, 3.8) is 0 Å². The molecule has 0 spiro atoms. The van der Waals surface area contributed by atoms with Crippen LogP contribution in [0.5, 0.6) is 0 Å². The molecule has 0 aliphatic carbocycles. The number of rotatable bonds is 4. The molecule has 74 valence electrons. The predicted molar refractivity (Wildman–Crippen MR) is 48.2 cm³/mol. The molecule has 0 bridgehead atoms. The Bertz CT molecular complexity index is 257. The van der Waals surface area contributed by atoms with Crippen LogP contribution in [0.25, 0.3) is 0 Å². The molecule has 1 aromatic rings. The van der Waals surface area contributed by atoms with E-state index in [1.54, 1.807) is 30.0 Å². The molecule has 0 saturated carbocycles. The van der Waals surface area contributed by atoms with E-state index in [0.717, 1.165) is 5.56 Å². The van der Waals surface area contributed by atoms with Crippen LogP contribution in [0.15, 0.2) is 18.5 Å². The van der Waals surface area contributed by atoms with E-state index in [1.807, 2.05) is 0 Å². The quantitative estimate of drug-likeness (QED) is 0.613. The lowest BCUT2D eigenvalue weighted by Crippen LogP contribution is -2.18. The van der Waals surface area contributed by atoms with Gasteiger partial charge in [-0.15, -0.1) is 0 Å². The van der Waals surface area contributed by atoms with Crippen molar-refractivity contribution in [1.82, 2.24) is 4.57 Å². The van der Waals surface area contributed by atoms with Crippen LogP contribution in [0.3, 0.4) is 0 Å². The second-order valence-corrected chi connectivity index (χ2v) is 3.15. The Hall–Kier alpha value is -0.840. The van der Waals surface area contributed by atoms with Gasteiger partial charge in [0, 0.05) is 12.4 Å². The van der Waals surface area contributed by atoms with Gasteiger partial charge in [0.25, 0.3) is 0 Å². The molecule has 0 amide bonds. The van der Waals surface area contributed by atoms with Crippen molar-refractivity contribution in [3.8, 4) is 0 Å². The number of aromatic nitrogens is 1. The maximum atomic E-state index is 9.20. The van der Waals surface area contributed by atoms with Gasteiger partial charge in [0.15, 0.2) is 0 Å². The van der Waals surface area contributed by atoms with Crippen molar-refractivity contribution < 1.29 is 15.3 Å². The Kier molecular flexibility index (Phi) is 3.48. The monoisotopic (exact) mass is 185 g/mol. The van der Waals surface area contributed by atoms with E-state index in [2.05, 4.69) is 0 Å². The Morgan fingerprint density at radius 3 is 2.62 bits per heavy atom. The average molecular weight is 185 g/mol. The summed E-state index contributed by atoms with van der Waals surface area (Å²) in [6.07, 6.45) is 2.28. The highest BCUT2D eigenvalue weighted by Gasteiger charge is 2.05. The molecule has 1 rings (SSSR count). The van der Waals surface area contributed by atoms with E-state index in [9.17, 15) is 5.11 Å². The van der Waals surface area contributed by atoms with Gasteiger partial charge < -0.3 is 19.9 Å².